The summed E-state index contributed by atoms with van der Waals surface area (Å²) in [7, 11) is 0. The summed E-state index contributed by atoms with van der Waals surface area (Å²) in [5, 5.41) is 0.239. The van der Waals surface area contributed by atoms with Gasteiger partial charge in [-0.05, 0) is 32.8 Å². The fourth-order valence-electron chi connectivity index (χ4n) is 1.96. The van der Waals surface area contributed by atoms with Crippen molar-refractivity contribution >= 4 is 17.5 Å². The molecule has 1 aromatic rings. The fraction of sp³-hybridized carbons (Fsp3) is 0.636. The van der Waals surface area contributed by atoms with Crippen molar-refractivity contribution in [2.45, 2.75) is 32.1 Å². The molecule has 1 unspecified atom stereocenters. The van der Waals surface area contributed by atoms with E-state index in [0.29, 0.717) is 0 Å². The first-order chi connectivity index (χ1) is 7.15. The van der Waals surface area contributed by atoms with Gasteiger partial charge in [-0.1, -0.05) is 0 Å². The third-order valence-electron chi connectivity index (χ3n) is 2.62. The molecule has 0 amide bonds. The van der Waals surface area contributed by atoms with Gasteiger partial charge >= 0.3 is 0 Å². The number of nitrogens with zero attached hydrogens (tertiary/aromatic N) is 3. The van der Waals surface area contributed by atoms with Crippen LogP contribution in [-0.4, -0.2) is 28.4 Å². The summed E-state index contributed by atoms with van der Waals surface area (Å²) in [4.78, 5) is 11.1. The number of aryl methyl sites for hydroxylation is 2. The Morgan fingerprint density at radius 1 is 1.33 bits per heavy atom. The van der Waals surface area contributed by atoms with Crippen LogP contribution in [0, 0.1) is 13.8 Å². The molecule has 1 aliphatic rings. The van der Waals surface area contributed by atoms with Crippen molar-refractivity contribution in [1.82, 2.24) is 9.97 Å². The first-order valence-electron chi connectivity index (χ1n) is 5.36. The second-order valence-electron chi connectivity index (χ2n) is 4.14. The molecule has 0 radical (unpaired) electrons. The number of rotatable bonds is 1. The van der Waals surface area contributed by atoms with Gasteiger partial charge in [0.1, 0.15) is 0 Å². The van der Waals surface area contributed by atoms with E-state index in [1.807, 2.05) is 19.9 Å². The summed E-state index contributed by atoms with van der Waals surface area (Å²) < 4.78 is 0. The Balaban J connectivity index is 2.20. The average molecular weight is 226 g/mol. The molecule has 0 aromatic carbocycles. The molecule has 3 nitrogen and oxygen atoms in total. The Hall–Kier alpha value is -0.830. The van der Waals surface area contributed by atoms with Crippen LogP contribution in [0.3, 0.4) is 0 Å². The predicted molar refractivity (Wildman–Crippen MR) is 62.6 cm³/mol. The molecular formula is C11H16ClN3. The van der Waals surface area contributed by atoms with Gasteiger partial charge in [0.05, 0.1) is 5.38 Å². The molecule has 4 heteroatoms. The van der Waals surface area contributed by atoms with Gasteiger partial charge in [0.15, 0.2) is 0 Å². The zero-order valence-corrected chi connectivity index (χ0v) is 9.96. The highest BCUT2D eigenvalue weighted by Gasteiger charge is 2.20. The number of alkyl halides is 1. The average Bonchev–Trinajstić information content (AvgIpc) is 2.16. The van der Waals surface area contributed by atoms with Crippen molar-refractivity contribution < 1.29 is 0 Å². The highest BCUT2D eigenvalue weighted by Crippen LogP contribution is 2.19. The summed E-state index contributed by atoms with van der Waals surface area (Å²) in [6, 6.07) is 1.99. The van der Waals surface area contributed by atoms with Gasteiger partial charge in [-0.2, -0.15) is 0 Å². The molecule has 1 atom stereocenters. The SMILES string of the molecule is Cc1cc(C)nc(N2CCCC(Cl)C2)n1. The molecule has 1 fully saturated rings. The summed E-state index contributed by atoms with van der Waals surface area (Å²) in [5.74, 6) is 0.831. The first-order valence-corrected chi connectivity index (χ1v) is 5.80. The lowest BCUT2D eigenvalue weighted by Crippen LogP contribution is -2.37. The van der Waals surface area contributed by atoms with Crippen LogP contribution in [0.15, 0.2) is 6.07 Å². The van der Waals surface area contributed by atoms with Crippen molar-refractivity contribution in [3.05, 3.63) is 17.5 Å². The molecule has 0 spiro atoms. The summed E-state index contributed by atoms with van der Waals surface area (Å²) >= 11 is 6.14. The third kappa shape index (κ3) is 2.59. The van der Waals surface area contributed by atoms with Crippen LogP contribution < -0.4 is 4.90 Å². The topological polar surface area (TPSA) is 29.0 Å². The summed E-state index contributed by atoms with van der Waals surface area (Å²) in [6.45, 7) is 5.89. The minimum atomic E-state index is 0.239. The molecule has 2 rings (SSSR count). The largest absolute Gasteiger partial charge is 0.339 e. The van der Waals surface area contributed by atoms with Gasteiger partial charge in [0, 0.05) is 24.5 Å². The highest BCUT2D eigenvalue weighted by molar-refractivity contribution is 6.21. The van der Waals surface area contributed by atoms with Crippen LogP contribution in [0.2, 0.25) is 0 Å². The van der Waals surface area contributed by atoms with E-state index < -0.39 is 0 Å². The first kappa shape index (κ1) is 10.7. The Morgan fingerprint density at radius 2 is 2.00 bits per heavy atom. The van der Waals surface area contributed by atoms with Crippen molar-refractivity contribution in [3.8, 4) is 0 Å². The van der Waals surface area contributed by atoms with Gasteiger partial charge in [0.2, 0.25) is 5.95 Å². The lowest BCUT2D eigenvalue weighted by atomic mass is 10.1. The maximum absolute atomic E-state index is 6.14. The molecular weight excluding hydrogens is 210 g/mol. The maximum Gasteiger partial charge on any atom is 0.225 e. The van der Waals surface area contributed by atoms with Gasteiger partial charge in [0.25, 0.3) is 0 Å². The molecule has 15 heavy (non-hydrogen) atoms. The molecule has 0 saturated carbocycles. The van der Waals surface area contributed by atoms with E-state index >= 15 is 0 Å². The number of anilines is 1. The fourth-order valence-corrected chi connectivity index (χ4v) is 2.28. The second kappa shape index (κ2) is 4.35. The summed E-state index contributed by atoms with van der Waals surface area (Å²) in [5.41, 5.74) is 2.04. The zero-order chi connectivity index (χ0) is 10.8. The lowest BCUT2D eigenvalue weighted by Gasteiger charge is -2.30. The number of piperidine rings is 1. The highest BCUT2D eigenvalue weighted by atomic mass is 35.5. The van der Waals surface area contributed by atoms with E-state index in [1.54, 1.807) is 0 Å². The van der Waals surface area contributed by atoms with Crippen molar-refractivity contribution in [1.29, 1.82) is 0 Å². The van der Waals surface area contributed by atoms with Crippen molar-refractivity contribution in [3.63, 3.8) is 0 Å². The molecule has 0 N–H and O–H groups in total. The monoisotopic (exact) mass is 225 g/mol. The quantitative estimate of drug-likeness (QED) is 0.687. The number of hydrogen-bond donors (Lipinski definition) is 0. The molecule has 1 aromatic heterocycles. The van der Waals surface area contributed by atoms with Crippen LogP contribution in [0.25, 0.3) is 0 Å². The van der Waals surface area contributed by atoms with E-state index in [1.165, 1.54) is 0 Å². The van der Waals surface area contributed by atoms with Crippen LogP contribution in [0.4, 0.5) is 5.95 Å². The van der Waals surface area contributed by atoms with Crippen LogP contribution in [0.5, 0.6) is 0 Å². The van der Waals surface area contributed by atoms with Crippen LogP contribution in [-0.2, 0) is 0 Å². The van der Waals surface area contributed by atoms with Crippen LogP contribution in [0.1, 0.15) is 24.2 Å². The summed E-state index contributed by atoms with van der Waals surface area (Å²) in [6.07, 6.45) is 2.23. The molecule has 1 saturated heterocycles. The van der Waals surface area contributed by atoms with E-state index in [0.717, 1.165) is 43.3 Å². The standard InChI is InChI=1S/C11H16ClN3/c1-8-6-9(2)14-11(13-8)15-5-3-4-10(12)7-15/h6,10H,3-5,7H2,1-2H3. The Morgan fingerprint density at radius 3 is 2.60 bits per heavy atom. The third-order valence-corrected chi connectivity index (χ3v) is 2.97. The van der Waals surface area contributed by atoms with Crippen molar-refractivity contribution in [2.24, 2.45) is 0 Å². The minimum absolute atomic E-state index is 0.239. The lowest BCUT2D eigenvalue weighted by molar-refractivity contribution is 0.573. The Bertz CT molecular complexity index is 333. The zero-order valence-electron chi connectivity index (χ0n) is 9.20. The normalized spacial score (nSPS) is 21.8. The predicted octanol–water partition coefficient (Wildman–Crippen LogP) is 2.30. The van der Waals surface area contributed by atoms with E-state index in [-0.39, 0.29) is 5.38 Å². The second-order valence-corrected chi connectivity index (χ2v) is 4.75. The van der Waals surface area contributed by atoms with E-state index in [2.05, 4.69) is 14.9 Å². The maximum atomic E-state index is 6.14. The number of hydrogen-bond acceptors (Lipinski definition) is 3. The molecule has 82 valence electrons. The molecule has 1 aliphatic heterocycles. The van der Waals surface area contributed by atoms with Gasteiger partial charge < -0.3 is 4.90 Å². The smallest absolute Gasteiger partial charge is 0.225 e. The van der Waals surface area contributed by atoms with Crippen molar-refractivity contribution in [2.75, 3.05) is 18.0 Å². The minimum Gasteiger partial charge on any atom is -0.339 e. The molecule has 0 bridgehead atoms. The molecule has 2 heterocycles. The van der Waals surface area contributed by atoms with Gasteiger partial charge in [-0.25, -0.2) is 9.97 Å². The number of halogens is 1. The van der Waals surface area contributed by atoms with E-state index in [4.69, 9.17) is 11.6 Å². The van der Waals surface area contributed by atoms with Crippen LogP contribution >= 0.6 is 11.6 Å². The number of aromatic nitrogens is 2. The van der Waals surface area contributed by atoms with Gasteiger partial charge in [-0.3, -0.25) is 0 Å². The molecule has 0 aliphatic carbocycles. The van der Waals surface area contributed by atoms with Gasteiger partial charge in [-0.15, -0.1) is 11.6 Å². The van der Waals surface area contributed by atoms with E-state index in [9.17, 15) is 0 Å². The Labute approximate surface area is 95.5 Å². The Kier molecular flexibility index (Phi) is 3.10.